The van der Waals surface area contributed by atoms with E-state index in [2.05, 4.69) is 9.97 Å². The third kappa shape index (κ3) is 3.15. The van der Waals surface area contributed by atoms with Crippen molar-refractivity contribution in [1.82, 2.24) is 9.97 Å². The Morgan fingerprint density at radius 1 is 1.14 bits per heavy atom. The topological polar surface area (TPSA) is 72.1 Å². The molecule has 0 aliphatic heterocycles. The average Bonchev–Trinajstić information content (AvgIpc) is 2.46. The molecule has 5 nitrogen and oxygen atoms in total. The molecule has 0 bridgehead atoms. The van der Waals surface area contributed by atoms with Crippen LogP contribution in [0.3, 0.4) is 0 Å². The van der Waals surface area contributed by atoms with Crippen molar-refractivity contribution in [3.63, 3.8) is 0 Å². The van der Waals surface area contributed by atoms with E-state index in [4.69, 9.17) is 29.0 Å². The molecule has 0 radical (unpaired) electrons. The molecule has 110 valence electrons. The summed E-state index contributed by atoms with van der Waals surface area (Å²) in [5, 5.41) is 1.59. The maximum atomic E-state index is 12.6. The number of amides is 1. The molecular formula is C14H14Cl2N4O. The number of rotatable bonds is 3. The van der Waals surface area contributed by atoms with Crippen molar-refractivity contribution in [2.45, 2.75) is 19.3 Å². The van der Waals surface area contributed by atoms with Crippen LogP contribution in [0.1, 0.15) is 19.4 Å². The summed E-state index contributed by atoms with van der Waals surface area (Å²) >= 11 is 11.8. The molecule has 1 aromatic heterocycles. The highest BCUT2D eigenvalue weighted by atomic mass is 35.5. The second-order valence-corrected chi connectivity index (χ2v) is 5.77. The van der Waals surface area contributed by atoms with E-state index in [9.17, 15) is 4.79 Å². The average molecular weight is 325 g/mol. The van der Waals surface area contributed by atoms with Gasteiger partial charge in [0.15, 0.2) is 11.0 Å². The summed E-state index contributed by atoms with van der Waals surface area (Å²) < 4.78 is 0. The van der Waals surface area contributed by atoms with Crippen LogP contribution in [0.5, 0.6) is 0 Å². The fraction of sp³-hybridized carbons (Fsp3) is 0.214. The molecule has 0 aliphatic carbocycles. The van der Waals surface area contributed by atoms with Crippen LogP contribution in [-0.4, -0.2) is 15.9 Å². The lowest BCUT2D eigenvalue weighted by Crippen LogP contribution is -2.48. The Balaban J connectivity index is 2.34. The van der Waals surface area contributed by atoms with Crippen LogP contribution in [0, 0.1) is 0 Å². The highest BCUT2D eigenvalue weighted by Gasteiger charge is 2.34. The van der Waals surface area contributed by atoms with E-state index in [-0.39, 0.29) is 16.9 Å². The molecule has 0 saturated carbocycles. The zero-order chi connectivity index (χ0) is 15.6. The van der Waals surface area contributed by atoms with Crippen LogP contribution in [0.15, 0.2) is 36.7 Å². The summed E-state index contributed by atoms with van der Waals surface area (Å²) in [5.41, 5.74) is -0.0763. The summed E-state index contributed by atoms with van der Waals surface area (Å²) in [4.78, 5) is 20.5. The first-order valence-electron chi connectivity index (χ1n) is 6.16. The van der Waals surface area contributed by atoms with Gasteiger partial charge in [-0.15, -0.1) is 0 Å². The number of hydrogen-bond donors (Lipinski definition) is 1. The van der Waals surface area contributed by atoms with Gasteiger partial charge in [-0.3, -0.25) is 4.79 Å². The Morgan fingerprint density at radius 3 is 2.29 bits per heavy atom. The van der Waals surface area contributed by atoms with Crippen molar-refractivity contribution in [2.75, 3.05) is 5.01 Å². The summed E-state index contributed by atoms with van der Waals surface area (Å²) in [6, 6.07) is 7.02. The second-order valence-electron chi connectivity index (χ2n) is 4.98. The Kier molecular flexibility index (Phi) is 4.46. The highest BCUT2D eigenvalue weighted by Crippen LogP contribution is 2.29. The first-order chi connectivity index (χ1) is 9.84. The van der Waals surface area contributed by atoms with Crippen LogP contribution in [0.2, 0.25) is 10.2 Å². The largest absolute Gasteiger partial charge is 0.272 e. The molecule has 0 spiro atoms. The van der Waals surface area contributed by atoms with Crippen molar-refractivity contribution in [2.24, 2.45) is 5.84 Å². The number of hydrazine groups is 1. The Morgan fingerprint density at radius 2 is 1.71 bits per heavy atom. The molecule has 2 aromatic rings. The minimum Gasteiger partial charge on any atom is -0.272 e. The van der Waals surface area contributed by atoms with E-state index in [0.29, 0.717) is 5.02 Å². The number of nitrogens with two attached hydrogens (primary N) is 1. The predicted molar refractivity (Wildman–Crippen MR) is 83.2 cm³/mol. The molecule has 2 N–H and O–H groups in total. The molecule has 0 atom stereocenters. The number of carbonyl (C=O) groups excluding carboxylic acids is 1. The molecule has 0 fully saturated rings. The van der Waals surface area contributed by atoms with Gasteiger partial charge in [-0.25, -0.2) is 20.8 Å². The third-order valence-corrected chi connectivity index (χ3v) is 3.70. The molecule has 1 heterocycles. The lowest BCUT2D eigenvalue weighted by atomic mass is 9.83. The van der Waals surface area contributed by atoms with Gasteiger partial charge in [-0.05, 0) is 31.5 Å². The Bertz CT molecular complexity index is 658. The number of anilines is 1. The van der Waals surface area contributed by atoms with E-state index in [0.717, 1.165) is 10.6 Å². The zero-order valence-corrected chi connectivity index (χ0v) is 13.1. The van der Waals surface area contributed by atoms with Gasteiger partial charge in [0.25, 0.3) is 5.91 Å². The molecule has 0 saturated heterocycles. The van der Waals surface area contributed by atoms with Gasteiger partial charge in [-0.1, -0.05) is 35.3 Å². The van der Waals surface area contributed by atoms with Gasteiger partial charge >= 0.3 is 0 Å². The molecule has 0 aliphatic rings. The van der Waals surface area contributed by atoms with E-state index in [1.807, 2.05) is 0 Å². The smallest absolute Gasteiger partial charge is 0.252 e. The van der Waals surface area contributed by atoms with Crippen molar-refractivity contribution >= 4 is 34.9 Å². The molecule has 1 amide bonds. The van der Waals surface area contributed by atoms with Gasteiger partial charge in [-0.2, -0.15) is 0 Å². The van der Waals surface area contributed by atoms with E-state index < -0.39 is 5.41 Å². The van der Waals surface area contributed by atoms with E-state index in [1.54, 1.807) is 38.1 Å². The maximum absolute atomic E-state index is 12.6. The molecule has 7 heteroatoms. The monoisotopic (exact) mass is 324 g/mol. The van der Waals surface area contributed by atoms with Gasteiger partial charge in [0.2, 0.25) is 0 Å². The van der Waals surface area contributed by atoms with Crippen molar-refractivity contribution in [3.8, 4) is 0 Å². The number of benzene rings is 1. The summed E-state index contributed by atoms with van der Waals surface area (Å²) in [7, 11) is 0. The number of carbonyl (C=O) groups is 1. The normalized spacial score (nSPS) is 11.3. The van der Waals surface area contributed by atoms with Crippen molar-refractivity contribution < 1.29 is 4.79 Å². The second kappa shape index (κ2) is 5.97. The van der Waals surface area contributed by atoms with E-state index >= 15 is 0 Å². The standard InChI is InChI=1S/C14H14Cl2N4O/c1-14(2,9-3-5-10(15)6-4-9)13(21)20(17)12-11(16)18-7-8-19-12/h3-8H,17H2,1-2H3. The molecule has 21 heavy (non-hydrogen) atoms. The third-order valence-electron chi connectivity index (χ3n) is 3.18. The number of hydrogen-bond acceptors (Lipinski definition) is 4. The summed E-state index contributed by atoms with van der Waals surface area (Å²) in [6.45, 7) is 3.53. The summed E-state index contributed by atoms with van der Waals surface area (Å²) in [6.07, 6.45) is 2.85. The molecule has 1 aromatic carbocycles. The van der Waals surface area contributed by atoms with Crippen LogP contribution in [0.25, 0.3) is 0 Å². The summed E-state index contributed by atoms with van der Waals surface area (Å²) in [5.74, 6) is 5.63. The number of nitrogens with zero attached hydrogens (tertiary/aromatic N) is 3. The predicted octanol–water partition coefficient (Wildman–Crippen LogP) is 2.97. The van der Waals surface area contributed by atoms with Crippen LogP contribution in [-0.2, 0) is 10.2 Å². The quantitative estimate of drug-likeness (QED) is 0.535. The van der Waals surface area contributed by atoms with Crippen LogP contribution in [0.4, 0.5) is 5.82 Å². The van der Waals surface area contributed by atoms with Crippen LogP contribution >= 0.6 is 23.2 Å². The minimum atomic E-state index is -0.861. The minimum absolute atomic E-state index is 0.0697. The van der Waals surface area contributed by atoms with Gasteiger partial charge in [0.05, 0.1) is 5.41 Å². The molecule has 2 rings (SSSR count). The molecule has 0 unspecified atom stereocenters. The zero-order valence-electron chi connectivity index (χ0n) is 11.5. The van der Waals surface area contributed by atoms with Gasteiger partial charge in [0.1, 0.15) is 0 Å². The number of halogens is 2. The molecular weight excluding hydrogens is 311 g/mol. The first-order valence-corrected chi connectivity index (χ1v) is 6.91. The fourth-order valence-electron chi connectivity index (χ4n) is 1.86. The SMILES string of the molecule is CC(C)(C(=O)N(N)c1nccnc1Cl)c1ccc(Cl)cc1. The lowest BCUT2D eigenvalue weighted by Gasteiger charge is -2.28. The first kappa shape index (κ1) is 15.7. The Labute approximate surface area is 132 Å². The van der Waals surface area contributed by atoms with Crippen molar-refractivity contribution in [1.29, 1.82) is 0 Å². The van der Waals surface area contributed by atoms with Gasteiger partial charge in [0, 0.05) is 17.4 Å². The lowest BCUT2D eigenvalue weighted by molar-refractivity contribution is -0.123. The number of aromatic nitrogens is 2. The van der Waals surface area contributed by atoms with Crippen LogP contribution < -0.4 is 10.9 Å². The maximum Gasteiger partial charge on any atom is 0.252 e. The fourth-order valence-corrected chi connectivity index (χ4v) is 2.18. The Hall–Kier alpha value is -1.69. The van der Waals surface area contributed by atoms with Gasteiger partial charge < -0.3 is 0 Å². The van der Waals surface area contributed by atoms with Crippen molar-refractivity contribution in [3.05, 3.63) is 52.4 Å². The van der Waals surface area contributed by atoms with E-state index in [1.165, 1.54) is 12.4 Å². The highest BCUT2D eigenvalue weighted by molar-refractivity contribution is 6.32.